The molecule has 2 aromatic rings. The third-order valence-electron chi connectivity index (χ3n) is 4.03. The van der Waals surface area contributed by atoms with Crippen molar-refractivity contribution in [2.24, 2.45) is 0 Å². The van der Waals surface area contributed by atoms with Crippen LogP contribution in [-0.2, 0) is 9.59 Å². The average Bonchev–Trinajstić information content (AvgIpc) is 2.48. The number of non-ortho nitro benzene ring substituents is 1. The van der Waals surface area contributed by atoms with Crippen LogP contribution in [0.25, 0.3) is 10.9 Å². The molecule has 0 radical (unpaired) electrons. The Morgan fingerprint density at radius 1 is 1.30 bits per heavy atom. The first-order valence-corrected chi connectivity index (χ1v) is 7.11. The number of Topliss-reactive ketones (excluding diaryl/α,β-unsaturated/α-hetero) is 2. The Morgan fingerprint density at radius 2 is 2.04 bits per heavy atom. The smallest absolute Gasteiger partial charge is 0.295 e. The van der Waals surface area contributed by atoms with E-state index < -0.39 is 16.5 Å². The lowest BCUT2D eigenvalue weighted by atomic mass is 9.92. The number of hydrogen-bond acceptors (Lipinski definition) is 6. The molecule has 8 heteroatoms. The SMILES string of the molecule is Cc1nc2c([N+](=O)[O-])cccc2c(=O)n1C1CCC(=O)CC1=O. The summed E-state index contributed by atoms with van der Waals surface area (Å²) < 4.78 is 1.25. The largest absolute Gasteiger partial charge is 0.299 e. The predicted molar refractivity (Wildman–Crippen MR) is 80.3 cm³/mol. The topological polar surface area (TPSA) is 112 Å². The van der Waals surface area contributed by atoms with E-state index in [2.05, 4.69) is 4.98 Å². The summed E-state index contributed by atoms with van der Waals surface area (Å²) in [5.41, 5.74) is -0.737. The molecule has 0 spiro atoms. The van der Waals surface area contributed by atoms with Gasteiger partial charge in [0.15, 0.2) is 11.3 Å². The normalized spacial score (nSPS) is 18.4. The molecule has 0 saturated heterocycles. The van der Waals surface area contributed by atoms with Crippen molar-refractivity contribution in [3.05, 3.63) is 44.5 Å². The Kier molecular flexibility index (Phi) is 3.51. The van der Waals surface area contributed by atoms with E-state index in [9.17, 15) is 24.5 Å². The van der Waals surface area contributed by atoms with Gasteiger partial charge in [0, 0.05) is 12.5 Å². The molecule has 8 nitrogen and oxygen atoms in total. The van der Waals surface area contributed by atoms with E-state index in [0.29, 0.717) is 0 Å². The summed E-state index contributed by atoms with van der Waals surface area (Å²) in [5, 5.41) is 11.2. The monoisotopic (exact) mass is 315 g/mol. The van der Waals surface area contributed by atoms with Crippen molar-refractivity contribution in [2.75, 3.05) is 0 Å². The van der Waals surface area contributed by atoms with Gasteiger partial charge in [-0.3, -0.25) is 29.1 Å². The minimum Gasteiger partial charge on any atom is -0.299 e. The lowest BCUT2D eigenvalue weighted by molar-refractivity contribution is -0.383. The molecule has 1 aliphatic carbocycles. The number of nitro benzene ring substituents is 1. The van der Waals surface area contributed by atoms with Crippen molar-refractivity contribution in [1.29, 1.82) is 0 Å². The first-order valence-electron chi connectivity index (χ1n) is 7.11. The van der Waals surface area contributed by atoms with Gasteiger partial charge in [-0.1, -0.05) is 6.07 Å². The van der Waals surface area contributed by atoms with Gasteiger partial charge in [-0.05, 0) is 19.4 Å². The van der Waals surface area contributed by atoms with Gasteiger partial charge in [0.1, 0.15) is 11.6 Å². The van der Waals surface area contributed by atoms with Crippen LogP contribution in [0.3, 0.4) is 0 Å². The molecule has 1 atom stereocenters. The van der Waals surface area contributed by atoms with Crippen molar-refractivity contribution in [3.63, 3.8) is 0 Å². The van der Waals surface area contributed by atoms with E-state index >= 15 is 0 Å². The first kappa shape index (κ1) is 15.0. The number of fused-ring (bicyclic) bond motifs is 1. The molecule has 0 amide bonds. The van der Waals surface area contributed by atoms with Crippen LogP contribution in [0, 0.1) is 17.0 Å². The maximum atomic E-state index is 12.7. The van der Waals surface area contributed by atoms with Gasteiger partial charge < -0.3 is 0 Å². The van der Waals surface area contributed by atoms with Crippen LogP contribution in [0.4, 0.5) is 5.69 Å². The molecule has 1 aromatic carbocycles. The van der Waals surface area contributed by atoms with Gasteiger partial charge >= 0.3 is 0 Å². The number of aryl methyl sites for hydroxylation is 1. The molecule has 0 N–H and O–H groups in total. The van der Waals surface area contributed by atoms with Gasteiger partial charge in [-0.2, -0.15) is 0 Å². The maximum Gasteiger partial charge on any atom is 0.295 e. The molecular weight excluding hydrogens is 302 g/mol. The van der Waals surface area contributed by atoms with Crippen molar-refractivity contribution >= 4 is 28.2 Å². The van der Waals surface area contributed by atoms with Crippen LogP contribution in [0.2, 0.25) is 0 Å². The van der Waals surface area contributed by atoms with E-state index in [-0.39, 0.29) is 53.2 Å². The molecule has 1 unspecified atom stereocenters. The fraction of sp³-hybridized carbons (Fsp3) is 0.333. The number of para-hydroxylation sites is 1. The Bertz CT molecular complexity index is 915. The Morgan fingerprint density at radius 3 is 2.70 bits per heavy atom. The number of hydrogen-bond donors (Lipinski definition) is 0. The highest BCUT2D eigenvalue weighted by atomic mass is 16.6. The molecule has 118 valence electrons. The number of rotatable bonds is 2. The van der Waals surface area contributed by atoms with Crippen molar-refractivity contribution in [2.45, 2.75) is 32.2 Å². The summed E-state index contributed by atoms with van der Waals surface area (Å²) in [6.07, 6.45) is 0.291. The van der Waals surface area contributed by atoms with E-state index in [0.717, 1.165) is 0 Å². The maximum absolute atomic E-state index is 12.7. The Balaban J connectivity index is 2.24. The summed E-state index contributed by atoms with van der Waals surface area (Å²) in [5.74, 6) is -0.233. The van der Waals surface area contributed by atoms with E-state index in [1.807, 2.05) is 0 Å². The molecule has 1 fully saturated rings. The minimum atomic E-state index is -0.739. The summed E-state index contributed by atoms with van der Waals surface area (Å²) in [4.78, 5) is 50.8. The fourth-order valence-electron chi connectivity index (χ4n) is 2.96. The summed E-state index contributed by atoms with van der Waals surface area (Å²) in [6.45, 7) is 1.53. The number of ketones is 2. The van der Waals surface area contributed by atoms with E-state index in [1.54, 1.807) is 0 Å². The highest BCUT2D eigenvalue weighted by molar-refractivity contribution is 6.03. The van der Waals surface area contributed by atoms with Gasteiger partial charge in [-0.15, -0.1) is 0 Å². The molecule has 0 aliphatic heterocycles. The molecule has 1 aromatic heterocycles. The van der Waals surface area contributed by atoms with Crippen LogP contribution < -0.4 is 5.56 Å². The first-order chi connectivity index (χ1) is 10.9. The molecule has 23 heavy (non-hydrogen) atoms. The third kappa shape index (κ3) is 2.41. The number of carbonyl (C=O) groups is 2. The Labute approximate surface area is 129 Å². The average molecular weight is 315 g/mol. The van der Waals surface area contributed by atoms with Crippen LogP contribution in [0.1, 0.15) is 31.1 Å². The predicted octanol–water partition coefficient (Wildman–Crippen LogP) is 1.48. The van der Waals surface area contributed by atoms with Crippen molar-refractivity contribution in [1.82, 2.24) is 9.55 Å². The highest BCUT2D eigenvalue weighted by Gasteiger charge is 2.31. The zero-order chi connectivity index (χ0) is 16.7. The lowest BCUT2D eigenvalue weighted by Gasteiger charge is -2.23. The molecular formula is C15H13N3O5. The van der Waals surface area contributed by atoms with E-state index in [4.69, 9.17) is 0 Å². The Hall–Kier alpha value is -2.90. The van der Waals surface area contributed by atoms with Crippen LogP contribution in [-0.4, -0.2) is 26.0 Å². The zero-order valence-electron chi connectivity index (χ0n) is 12.3. The number of benzene rings is 1. The van der Waals surface area contributed by atoms with Crippen molar-refractivity contribution < 1.29 is 14.5 Å². The summed E-state index contributed by atoms with van der Waals surface area (Å²) in [6, 6.07) is 3.40. The quantitative estimate of drug-likeness (QED) is 0.471. The van der Waals surface area contributed by atoms with Crippen LogP contribution >= 0.6 is 0 Å². The van der Waals surface area contributed by atoms with Crippen molar-refractivity contribution in [3.8, 4) is 0 Å². The van der Waals surface area contributed by atoms with Gasteiger partial charge in [-0.25, -0.2) is 4.98 Å². The minimum absolute atomic E-state index is 0.00980. The molecule has 1 saturated carbocycles. The van der Waals surface area contributed by atoms with Crippen LogP contribution in [0.15, 0.2) is 23.0 Å². The molecule has 3 rings (SSSR count). The van der Waals surface area contributed by atoms with E-state index in [1.165, 1.54) is 29.7 Å². The van der Waals surface area contributed by atoms with Gasteiger partial charge in [0.2, 0.25) is 0 Å². The highest BCUT2D eigenvalue weighted by Crippen LogP contribution is 2.26. The third-order valence-corrected chi connectivity index (χ3v) is 4.03. The number of aromatic nitrogens is 2. The number of nitrogens with zero attached hydrogens (tertiary/aromatic N) is 3. The zero-order valence-corrected chi connectivity index (χ0v) is 12.3. The van der Waals surface area contributed by atoms with Gasteiger partial charge in [0.05, 0.1) is 22.8 Å². The number of carbonyl (C=O) groups excluding carboxylic acids is 2. The second-order valence-corrected chi connectivity index (χ2v) is 5.50. The summed E-state index contributed by atoms with van der Waals surface area (Å²) in [7, 11) is 0. The molecule has 0 bridgehead atoms. The summed E-state index contributed by atoms with van der Waals surface area (Å²) >= 11 is 0. The second kappa shape index (κ2) is 5.38. The van der Waals surface area contributed by atoms with Gasteiger partial charge in [0.25, 0.3) is 11.2 Å². The lowest BCUT2D eigenvalue weighted by Crippen LogP contribution is -2.36. The molecule has 1 aliphatic rings. The standard InChI is InChI=1S/C15H13N3O5/c1-8-16-14-10(3-2-4-12(14)18(22)23)15(21)17(8)11-6-5-9(19)7-13(11)20/h2-4,11H,5-7H2,1H3. The van der Waals surface area contributed by atoms with Crippen LogP contribution in [0.5, 0.6) is 0 Å². The molecule has 1 heterocycles. The second-order valence-electron chi connectivity index (χ2n) is 5.50. The number of nitro groups is 1. The fourth-order valence-corrected chi connectivity index (χ4v) is 2.96.